The number of para-hydroxylation sites is 1. The molecule has 10 rings (SSSR count). The predicted octanol–water partition coefficient (Wildman–Crippen LogP) is 10.4. The first-order valence-corrected chi connectivity index (χ1v) is 21.3. The largest absolute Gasteiger partial charge is 0.333 e. The quantitative estimate of drug-likeness (QED) is 0.318. The van der Waals surface area contributed by atoms with Crippen LogP contribution in [0.15, 0.2) is 71.3 Å². The Morgan fingerprint density at radius 1 is 0.788 bits per heavy atom. The number of rotatable bonds is 5. The van der Waals surface area contributed by atoms with Gasteiger partial charge in [0.15, 0.2) is 0 Å². The van der Waals surface area contributed by atoms with Crippen LogP contribution in [0, 0.1) is 46.8 Å². The van der Waals surface area contributed by atoms with Crippen LogP contribution in [0.4, 0.5) is 5.69 Å². The van der Waals surface area contributed by atoms with Gasteiger partial charge in [-0.25, -0.2) is 0 Å². The third-order valence-electron chi connectivity index (χ3n) is 15.0. The van der Waals surface area contributed by atoms with Gasteiger partial charge in [0.05, 0.1) is 18.4 Å². The molecule has 5 nitrogen and oxygen atoms in total. The zero-order valence-corrected chi connectivity index (χ0v) is 31.0. The molecule has 52 heavy (non-hydrogen) atoms. The maximum Gasteiger partial charge on any atom is 0.128 e. The lowest BCUT2D eigenvalue weighted by atomic mass is 9.59. The minimum atomic E-state index is 0.202. The van der Waals surface area contributed by atoms with Crippen molar-refractivity contribution in [3.8, 4) is 6.07 Å². The van der Waals surface area contributed by atoms with Crippen LogP contribution >= 0.6 is 0 Å². The zero-order chi connectivity index (χ0) is 34.6. The maximum atomic E-state index is 9.56. The molecule has 0 bridgehead atoms. The lowest BCUT2D eigenvalue weighted by Gasteiger charge is -2.50. The van der Waals surface area contributed by atoms with Crippen LogP contribution in [0.25, 0.3) is 6.08 Å². The highest BCUT2D eigenvalue weighted by Crippen LogP contribution is 2.53. The van der Waals surface area contributed by atoms with E-state index in [0.29, 0.717) is 41.7 Å². The number of anilines is 1. The van der Waals surface area contributed by atoms with E-state index in [1.54, 1.807) is 22.5 Å². The van der Waals surface area contributed by atoms with Crippen LogP contribution in [0.5, 0.6) is 0 Å². The summed E-state index contributed by atoms with van der Waals surface area (Å²) in [5.41, 5.74) is 10.3. The van der Waals surface area contributed by atoms with Gasteiger partial charge in [-0.05, 0) is 161 Å². The smallest absolute Gasteiger partial charge is 0.128 e. The SMILES string of the molecule is N#CC1=CCC(C2CCCCC2C2C=CCCC2C2CC(N3c4ccccc4C4CCC=NC43)NC(n3c4c(c5c3CCCC5)C=CCC4)C2)C=C1. The molecule has 1 saturated carbocycles. The number of aromatic nitrogens is 1. The fourth-order valence-corrected chi connectivity index (χ4v) is 12.8. The van der Waals surface area contributed by atoms with Crippen molar-refractivity contribution in [2.24, 2.45) is 40.5 Å². The van der Waals surface area contributed by atoms with Crippen LogP contribution in [-0.2, 0) is 19.3 Å². The first-order chi connectivity index (χ1) is 25.8. The summed E-state index contributed by atoms with van der Waals surface area (Å²) in [5.74, 6) is 4.49. The minimum absolute atomic E-state index is 0.202. The van der Waals surface area contributed by atoms with Crippen molar-refractivity contribution < 1.29 is 0 Å². The molecule has 0 radical (unpaired) electrons. The lowest BCUT2D eigenvalue weighted by Crippen LogP contribution is -2.57. The third-order valence-corrected chi connectivity index (χ3v) is 15.0. The van der Waals surface area contributed by atoms with Crippen LogP contribution < -0.4 is 10.2 Å². The standard InChI is InChI=1S/C47H57N5/c48-30-31-23-25-32(26-24-31)34-12-1-3-14-36(34)37-15-4-2-13-35(37)33-28-45(51-42-20-8-5-16-38(42)39-17-6-9-21-43(39)51)50-46(29-33)52-44-22-10-7-18-40(44)41-19-11-27-49-47(41)52/h4-5,7,10,15-16,18,22-25,27,32-37,41,45-47,50H,1-3,6,8-9,11-14,17,19-21,26,28-29H2. The molecule has 1 N–H and O–H groups in total. The van der Waals surface area contributed by atoms with Gasteiger partial charge < -0.3 is 9.47 Å². The summed E-state index contributed by atoms with van der Waals surface area (Å²) in [6, 6.07) is 11.7. The van der Waals surface area contributed by atoms with Gasteiger partial charge in [0.25, 0.3) is 0 Å². The van der Waals surface area contributed by atoms with Gasteiger partial charge in [0.2, 0.25) is 0 Å². The van der Waals surface area contributed by atoms with Crippen molar-refractivity contribution in [2.45, 2.75) is 134 Å². The number of aliphatic imine (C=N–C) groups is 1. The molecule has 2 fully saturated rings. The highest BCUT2D eigenvalue weighted by molar-refractivity contribution is 5.68. The molecule has 2 aromatic rings. The molecule has 0 amide bonds. The molecule has 270 valence electrons. The van der Waals surface area contributed by atoms with E-state index in [1.807, 2.05) is 0 Å². The minimum Gasteiger partial charge on any atom is -0.333 e. The summed E-state index contributed by atoms with van der Waals surface area (Å²) in [6.45, 7) is 0. The van der Waals surface area contributed by atoms with E-state index in [4.69, 9.17) is 4.99 Å². The Morgan fingerprint density at radius 2 is 1.67 bits per heavy atom. The summed E-state index contributed by atoms with van der Waals surface area (Å²) in [4.78, 5) is 8.06. The van der Waals surface area contributed by atoms with Gasteiger partial charge in [-0.3, -0.25) is 10.3 Å². The fourth-order valence-electron chi connectivity index (χ4n) is 12.8. The topological polar surface area (TPSA) is 56.4 Å². The molecule has 5 aliphatic carbocycles. The second-order valence-corrected chi connectivity index (χ2v) is 17.5. The molecule has 4 heterocycles. The number of nitrogens with zero attached hydrogens (tertiary/aromatic N) is 4. The second kappa shape index (κ2) is 14.0. The Kier molecular flexibility index (Phi) is 8.87. The van der Waals surface area contributed by atoms with Gasteiger partial charge in [-0.2, -0.15) is 5.26 Å². The molecular weight excluding hydrogens is 635 g/mol. The van der Waals surface area contributed by atoms with E-state index >= 15 is 0 Å². The first-order valence-electron chi connectivity index (χ1n) is 21.3. The Morgan fingerprint density at radius 3 is 2.58 bits per heavy atom. The van der Waals surface area contributed by atoms with Crippen LogP contribution in [0.2, 0.25) is 0 Å². The van der Waals surface area contributed by atoms with Crippen LogP contribution in [-0.4, -0.2) is 23.1 Å². The average molecular weight is 692 g/mol. The average Bonchev–Trinajstić information content (AvgIpc) is 3.74. The normalized spacial score (nSPS) is 36.4. The van der Waals surface area contributed by atoms with E-state index in [-0.39, 0.29) is 12.3 Å². The molecule has 1 saturated heterocycles. The van der Waals surface area contributed by atoms with Gasteiger partial charge in [-0.1, -0.05) is 67.5 Å². The lowest BCUT2D eigenvalue weighted by molar-refractivity contribution is 0.0500. The van der Waals surface area contributed by atoms with Gasteiger partial charge in [0.1, 0.15) is 6.17 Å². The molecule has 8 aliphatic rings. The first kappa shape index (κ1) is 33.0. The summed E-state index contributed by atoms with van der Waals surface area (Å²) >= 11 is 0. The van der Waals surface area contributed by atoms with E-state index in [9.17, 15) is 5.26 Å². The van der Waals surface area contributed by atoms with E-state index < -0.39 is 0 Å². The predicted molar refractivity (Wildman–Crippen MR) is 212 cm³/mol. The molecular formula is C47H57N5. The molecule has 10 unspecified atom stereocenters. The van der Waals surface area contributed by atoms with Crippen molar-refractivity contribution in [2.75, 3.05) is 4.90 Å². The molecule has 1 aromatic carbocycles. The summed E-state index contributed by atoms with van der Waals surface area (Å²) in [6.07, 6.45) is 41.1. The fraction of sp³-hybridized carbons (Fsp3) is 0.574. The third kappa shape index (κ3) is 5.62. The van der Waals surface area contributed by atoms with Crippen molar-refractivity contribution >= 4 is 18.0 Å². The van der Waals surface area contributed by atoms with E-state index in [2.05, 4.69) is 93.9 Å². The van der Waals surface area contributed by atoms with Crippen LogP contribution in [0.3, 0.4) is 0 Å². The van der Waals surface area contributed by atoms with Crippen molar-refractivity contribution in [1.29, 1.82) is 5.26 Å². The number of nitrogens with one attached hydrogen (secondary N) is 1. The van der Waals surface area contributed by atoms with Crippen molar-refractivity contribution in [3.05, 3.63) is 94.4 Å². The number of fused-ring (bicyclic) bond motifs is 6. The Balaban J connectivity index is 1.04. The van der Waals surface area contributed by atoms with Crippen molar-refractivity contribution in [3.63, 3.8) is 0 Å². The highest BCUT2D eigenvalue weighted by atomic mass is 15.4. The Hall–Kier alpha value is -3.62. The molecule has 5 heteroatoms. The number of hydrogen-bond donors (Lipinski definition) is 1. The number of allylic oxidation sites excluding steroid dienone is 7. The molecule has 3 aliphatic heterocycles. The van der Waals surface area contributed by atoms with Gasteiger partial charge in [-0.15, -0.1) is 0 Å². The number of hydrogen-bond acceptors (Lipinski definition) is 4. The number of piperidine rings is 1. The molecule has 0 spiro atoms. The van der Waals surface area contributed by atoms with Gasteiger partial charge >= 0.3 is 0 Å². The highest BCUT2D eigenvalue weighted by Gasteiger charge is 2.48. The summed E-state index contributed by atoms with van der Waals surface area (Å²) < 4.78 is 2.89. The number of benzene rings is 1. The summed E-state index contributed by atoms with van der Waals surface area (Å²) in [7, 11) is 0. The Bertz CT molecular complexity index is 1870. The summed E-state index contributed by atoms with van der Waals surface area (Å²) in [5, 5.41) is 14.0. The second-order valence-electron chi connectivity index (χ2n) is 17.5. The Labute approximate surface area is 311 Å². The molecule has 10 atom stereocenters. The van der Waals surface area contributed by atoms with Crippen molar-refractivity contribution in [1.82, 2.24) is 9.88 Å². The van der Waals surface area contributed by atoms with E-state index in [0.717, 1.165) is 30.8 Å². The van der Waals surface area contributed by atoms with Gasteiger partial charge in [0, 0.05) is 34.8 Å². The monoisotopic (exact) mass is 691 g/mol. The molecule has 1 aromatic heterocycles. The van der Waals surface area contributed by atoms with Crippen LogP contribution in [0.1, 0.15) is 130 Å². The number of nitriles is 1. The van der Waals surface area contributed by atoms with E-state index in [1.165, 1.54) is 101 Å². The zero-order valence-electron chi connectivity index (χ0n) is 31.0. The maximum absolute atomic E-state index is 9.56.